The molecule has 0 atom stereocenters. The van der Waals surface area contributed by atoms with Crippen LogP contribution in [-0.2, 0) is 0 Å². The van der Waals surface area contributed by atoms with E-state index in [1.54, 1.807) is 0 Å². The average molecular weight is 218 g/mol. The van der Waals surface area contributed by atoms with E-state index in [2.05, 4.69) is 48.5 Å². The van der Waals surface area contributed by atoms with Gasteiger partial charge in [-0.3, -0.25) is 0 Å². The molecule has 0 aromatic heterocycles. The molecule has 2 rings (SSSR count). The maximum Gasteiger partial charge on any atom is 0.0366 e. The van der Waals surface area contributed by atoms with Gasteiger partial charge in [0.1, 0.15) is 0 Å². The molecule has 0 unspecified atom stereocenters. The van der Waals surface area contributed by atoms with Crippen LogP contribution in [0.15, 0.2) is 24.3 Å². The predicted octanol–water partition coefficient (Wildman–Crippen LogP) is 2.57. The maximum atomic E-state index is 3.55. The zero-order valence-electron chi connectivity index (χ0n) is 10.4. The van der Waals surface area contributed by atoms with Crippen LogP contribution in [0, 0.1) is 6.92 Å². The molecule has 1 aliphatic carbocycles. The SMILES string of the molecule is Cc1cccc(N(C)CCCNC2CC2)c1. The first-order chi connectivity index (χ1) is 7.75. The van der Waals surface area contributed by atoms with Crippen LogP contribution >= 0.6 is 0 Å². The van der Waals surface area contributed by atoms with Crippen molar-refractivity contribution >= 4 is 5.69 Å². The molecule has 0 spiro atoms. The molecule has 0 saturated heterocycles. The Kier molecular flexibility index (Phi) is 3.83. The van der Waals surface area contributed by atoms with Gasteiger partial charge < -0.3 is 10.2 Å². The van der Waals surface area contributed by atoms with Gasteiger partial charge in [-0.15, -0.1) is 0 Å². The van der Waals surface area contributed by atoms with E-state index < -0.39 is 0 Å². The first kappa shape index (κ1) is 11.5. The second-order valence-corrected chi connectivity index (χ2v) is 4.84. The first-order valence-corrected chi connectivity index (χ1v) is 6.27. The van der Waals surface area contributed by atoms with E-state index in [-0.39, 0.29) is 0 Å². The monoisotopic (exact) mass is 218 g/mol. The Morgan fingerprint density at radius 3 is 2.88 bits per heavy atom. The first-order valence-electron chi connectivity index (χ1n) is 6.27. The highest BCUT2D eigenvalue weighted by atomic mass is 15.1. The Morgan fingerprint density at radius 1 is 1.38 bits per heavy atom. The number of nitrogens with one attached hydrogen (secondary N) is 1. The molecule has 1 aromatic carbocycles. The summed E-state index contributed by atoms with van der Waals surface area (Å²) in [6, 6.07) is 9.54. The van der Waals surface area contributed by atoms with Gasteiger partial charge in [0.15, 0.2) is 0 Å². The lowest BCUT2D eigenvalue weighted by atomic mass is 10.2. The summed E-state index contributed by atoms with van der Waals surface area (Å²) in [4.78, 5) is 2.33. The number of hydrogen-bond donors (Lipinski definition) is 1. The van der Waals surface area contributed by atoms with E-state index in [9.17, 15) is 0 Å². The molecule has 2 nitrogen and oxygen atoms in total. The van der Waals surface area contributed by atoms with E-state index >= 15 is 0 Å². The molecule has 1 N–H and O–H groups in total. The number of anilines is 1. The molecule has 2 heteroatoms. The standard InChI is InChI=1S/C14H22N2/c1-12-5-3-6-14(11-12)16(2)10-4-9-15-13-7-8-13/h3,5-6,11,13,15H,4,7-10H2,1-2H3. The zero-order valence-corrected chi connectivity index (χ0v) is 10.4. The summed E-state index contributed by atoms with van der Waals surface area (Å²) in [5, 5.41) is 3.55. The van der Waals surface area contributed by atoms with Crippen LogP contribution in [0.2, 0.25) is 0 Å². The van der Waals surface area contributed by atoms with Crippen LogP contribution in [-0.4, -0.2) is 26.2 Å². The van der Waals surface area contributed by atoms with Crippen LogP contribution in [0.25, 0.3) is 0 Å². The van der Waals surface area contributed by atoms with E-state index in [0.29, 0.717) is 0 Å². The number of aryl methyl sites for hydroxylation is 1. The van der Waals surface area contributed by atoms with E-state index in [4.69, 9.17) is 0 Å². The lowest BCUT2D eigenvalue weighted by Crippen LogP contribution is -2.24. The summed E-state index contributed by atoms with van der Waals surface area (Å²) in [6.45, 7) is 4.43. The average Bonchev–Trinajstić information content (AvgIpc) is 3.08. The minimum absolute atomic E-state index is 0.837. The molecule has 0 amide bonds. The molecule has 1 fully saturated rings. The van der Waals surface area contributed by atoms with Gasteiger partial charge in [0, 0.05) is 25.3 Å². The molecule has 0 bridgehead atoms. The summed E-state index contributed by atoms with van der Waals surface area (Å²) < 4.78 is 0. The summed E-state index contributed by atoms with van der Waals surface area (Å²) in [5.41, 5.74) is 2.66. The summed E-state index contributed by atoms with van der Waals surface area (Å²) >= 11 is 0. The summed E-state index contributed by atoms with van der Waals surface area (Å²) in [5.74, 6) is 0. The van der Waals surface area contributed by atoms with Gasteiger partial charge in [0.2, 0.25) is 0 Å². The number of nitrogens with zero attached hydrogens (tertiary/aromatic N) is 1. The van der Waals surface area contributed by atoms with E-state index in [1.165, 1.54) is 30.5 Å². The summed E-state index contributed by atoms with van der Waals surface area (Å²) in [7, 11) is 2.17. The molecular weight excluding hydrogens is 196 g/mol. The van der Waals surface area contributed by atoms with Crippen molar-refractivity contribution in [3.05, 3.63) is 29.8 Å². The van der Waals surface area contributed by atoms with Crippen LogP contribution in [0.1, 0.15) is 24.8 Å². The van der Waals surface area contributed by atoms with Crippen molar-refractivity contribution in [1.82, 2.24) is 5.32 Å². The highest BCUT2D eigenvalue weighted by molar-refractivity contribution is 5.47. The van der Waals surface area contributed by atoms with Gasteiger partial charge in [0.05, 0.1) is 0 Å². The molecule has 1 aliphatic rings. The van der Waals surface area contributed by atoms with Crippen LogP contribution in [0.4, 0.5) is 5.69 Å². The van der Waals surface area contributed by atoms with Gasteiger partial charge in [-0.25, -0.2) is 0 Å². The third-order valence-electron chi connectivity index (χ3n) is 3.12. The Bertz CT molecular complexity index is 331. The van der Waals surface area contributed by atoms with Crippen molar-refractivity contribution < 1.29 is 0 Å². The fraction of sp³-hybridized carbons (Fsp3) is 0.571. The third kappa shape index (κ3) is 3.53. The Balaban J connectivity index is 1.71. The Labute approximate surface area is 98.7 Å². The lowest BCUT2D eigenvalue weighted by molar-refractivity contribution is 0.642. The predicted molar refractivity (Wildman–Crippen MR) is 70.1 cm³/mol. The van der Waals surface area contributed by atoms with E-state index in [0.717, 1.165) is 19.1 Å². The molecule has 0 heterocycles. The second kappa shape index (κ2) is 5.35. The van der Waals surface area contributed by atoms with Crippen molar-refractivity contribution in [2.45, 2.75) is 32.2 Å². The van der Waals surface area contributed by atoms with Crippen molar-refractivity contribution in [2.75, 3.05) is 25.0 Å². The highest BCUT2D eigenvalue weighted by Crippen LogP contribution is 2.18. The fourth-order valence-electron chi connectivity index (χ4n) is 1.90. The molecule has 88 valence electrons. The normalized spacial score (nSPS) is 15.1. The van der Waals surface area contributed by atoms with Gasteiger partial charge >= 0.3 is 0 Å². The minimum atomic E-state index is 0.837. The number of rotatable bonds is 6. The van der Waals surface area contributed by atoms with Crippen LogP contribution in [0.3, 0.4) is 0 Å². The third-order valence-corrected chi connectivity index (χ3v) is 3.12. The molecule has 1 aromatic rings. The van der Waals surface area contributed by atoms with Gasteiger partial charge in [0.25, 0.3) is 0 Å². The highest BCUT2D eigenvalue weighted by Gasteiger charge is 2.19. The Hall–Kier alpha value is -1.02. The number of benzene rings is 1. The van der Waals surface area contributed by atoms with Gasteiger partial charge in [-0.2, -0.15) is 0 Å². The van der Waals surface area contributed by atoms with E-state index in [1.807, 2.05) is 0 Å². The summed E-state index contributed by atoms with van der Waals surface area (Å²) in [6.07, 6.45) is 3.99. The van der Waals surface area contributed by atoms with Crippen LogP contribution in [0.5, 0.6) is 0 Å². The lowest BCUT2D eigenvalue weighted by Gasteiger charge is -2.19. The van der Waals surface area contributed by atoms with Crippen molar-refractivity contribution in [3.63, 3.8) is 0 Å². The molecular formula is C14H22N2. The van der Waals surface area contributed by atoms with Crippen molar-refractivity contribution in [1.29, 1.82) is 0 Å². The van der Waals surface area contributed by atoms with Crippen LogP contribution < -0.4 is 10.2 Å². The Morgan fingerprint density at radius 2 is 2.19 bits per heavy atom. The van der Waals surface area contributed by atoms with Crippen molar-refractivity contribution in [2.24, 2.45) is 0 Å². The topological polar surface area (TPSA) is 15.3 Å². The molecule has 16 heavy (non-hydrogen) atoms. The second-order valence-electron chi connectivity index (χ2n) is 4.84. The molecule has 1 saturated carbocycles. The smallest absolute Gasteiger partial charge is 0.0366 e. The number of hydrogen-bond acceptors (Lipinski definition) is 2. The largest absolute Gasteiger partial charge is 0.375 e. The van der Waals surface area contributed by atoms with Gasteiger partial charge in [-0.05, 0) is 50.4 Å². The van der Waals surface area contributed by atoms with Gasteiger partial charge in [-0.1, -0.05) is 12.1 Å². The van der Waals surface area contributed by atoms with Crippen molar-refractivity contribution in [3.8, 4) is 0 Å². The quantitative estimate of drug-likeness (QED) is 0.738. The minimum Gasteiger partial charge on any atom is -0.375 e. The zero-order chi connectivity index (χ0) is 11.4. The molecule has 0 aliphatic heterocycles. The fourth-order valence-corrected chi connectivity index (χ4v) is 1.90. The molecule has 0 radical (unpaired) electrons. The maximum absolute atomic E-state index is 3.55.